The van der Waals surface area contributed by atoms with Crippen LogP contribution in [0.2, 0.25) is 0 Å². The molecule has 0 bridgehead atoms. The van der Waals surface area contributed by atoms with Gasteiger partial charge in [-0.05, 0) is 25.1 Å². The number of carbonyl (C=O) groups is 2. The van der Waals surface area contributed by atoms with E-state index in [9.17, 15) is 14.2 Å². The third kappa shape index (κ3) is 6.90. The van der Waals surface area contributed by atoms with Crippen molar-refractivity contribution in [3.8, 4) is 5.75 Å². The number of halogens is 2. The Bertz CT molecular complexity index is 951. The molecule has 0 fully saturated rings. The van der Waals surface area contributed by atoms with Crippen LogP contribution in [0.5, 0.6) is 5.75 Å². The summed E-state index contributed by atoms with van der Waals surface area (Å²) >= 11 is 11.8. The summed E-state index contributed by atoms with van der Waals surface area (Å²) in [6.07, 6.45) is 1.60. The molecule has 9 nitrogen and oxygen atoms in total. The maximum absolute atomic E-state index is 13.9. The highest BCUT2D eigenvalue weighted by atomic mass is 35.5. The minimum Gasteiger partial charge on any atom is -0.467 e. The van der Waals surface area contributed by atoms with Crippen LogP contribution in [0.15, 0.2) is 42.6 Å². The predicted octanol–water partition coefficient (Wildman–Crippen LogP) is 3.70. The first-order chi connectivity index (χ1) is 15.2. The number of ether oxygens (including phenoxy) is 1. The van der Waals surface area contributed by atoms with Gasteiger partial charge in [-0.2, -0.15) is 0 Å². The summed E-state index contributed by atoms with van der Waals surface area (Å²) in [7, 11) is -0.799. The maximum atomic E-state index is 13.9. The highest BCUT2D eigenvalue weighted by Crippen LogP contribution is 2.50. The van der Waals surface area contributed by atoms with E-state index < -0.39 is 25.6 Å². The van der Waals surface area contributed by atoms with Gasteiger partial charge in [-0.1, -0.05) is 18.2 Å². The fourth-order valence-corrected chi connectivity index (χ4v) is 5.40. The highest BCUT2D eigenvalue weighted by Gasteiger charge is 2.34. The summed E-state index contributed by atoms with van der Waals surface area (Å²) in [4.78, 5) is 24.2. The molecule has 2 aromatic rings. The molecule has 1 heterocycles. The molecule has 1 aromatic carbocycles. The van der Waals surface area contributed by atoms with E-state index in [1.165, 1.54) is 20.1 Å². The number of hydrogen-bond donors (Lipinski definition) is 2. The first kappa shape index (κ1) is 26.1. The molecule has 0 aliphatic heterocycles. The Labute approximate surface area is 197 Å². The SMILES string of the molecule is COC(=O)C(C)NC(=O)c1cc(NP(=O)(Oc2ccccc2)N(CCCl)CCCl)cn1C. The van der Waals surface area contributed by atoms with Crippen molar-refractivity contribution in [1.82, 2.24) is 14.6 Å². The lowest BCUT2D eigenvalue weighted by molar-refractivity contribution is -0.142. The van der Waals surface area contributed by atoms with Gasteiger partial charge in [0.05, 0.1) is 12.8 Å². The number of para-hydroxylation sites is 1. The number of aromatic nitrogens is 1. The largest absolute Gasteiger partial charge is 0.467 e. The van der Waals surface area contributed by atoms with Crippen molar-refractivity contribution in [2.75, 3.05) is 37.0 Å². The normalized spacial score (nSPS) is 13.8. The number of esters is 1. The first-order valence-electron chi connectivity index (χ1n) is 9.79. The maximum Gasteiger partial charge on any atom is 0.419 e. The minimum atomic E-state index is -3.70. The molecule has 32 heavy (non-hydrogen) atoms. The van der Waals surface area contributed by atoms with Crippen LogP contribution in [0.1, 0.15) is 17.4 Å². The van der Waals surface area contributed by atoms with Crippen LogP contribution in [-0.2, 0) is 21.1 Å². The Morgan fingerprint density at radius 1 is 1.19 bits per heavy atom. The second-order valence-electron chi connectivity index (χ2n) is 6.81. The van der Waals surface area contributed by atoms with Crippen LogP contribution in [0, 0.1) is 0 Å². The number of anilines is 1. The average molecular weight is 505 g/mol. The highest BCUT2D eigenvalue weighted by molar-refractivity contribution is 7.58. The average Bonchev–Trinajstić information content (AvgIpc) is 3.13. The van der Waals surface area contributed by atoms with Gasteiger partial charge in [0.2, 0.25) is 0 Å². The Kier molecular flexibility index (Phi) is 9.90. The van der Waals surface area contributed by atoms with Crippen molar-refractivity contribution in [3.05, 3.63) is 48.3 Å². The fourth-order valence-electron chi connectivity index (χ4n) is 2.87. The van der Waals surface area contributed by atoms with Gasteiger partial charge in [-0.25, -0.2) is 14.0 Å². The van der Waals surface area contributed by atoms with E-state index in [1.807, 2.05) is 6.07 Å². The number of nitrogens with one attached hydrogen (secondary N) is 2. The molecular formula is C20H27Cl2N4O5P. The van der Waals surface area contributed by atoms with Crippen molar-refractivity contribution in [2.45, 2.75) is 13.0 Å². The van der Waals surface area contributed by atoms with Crippen LogP contribution in [0.4, 0.5) is 5.69 Å². The molecule has 0 aliphatic carbocycles. The van der Waals surface area contributed by atoms with Crippen LogP contribution < -0.4 is 14.9 Å². The van der Waals surface area contributed by atoms with Crippen LogP contribution in [-0.4, -0.2) is 59.1 Å². The molecule has 1 amide bonds. The van der Waals surface area contributed by atoms with E-state index in [0.29, 0.717) is 11.4 Å². The topological polar surface area (TPSA) is 102 Å². The molecule has 176 valence electrons. The summed E-state index contributed by atoms with van der Waals surface area (Å²) in [6, 6.07) is 9.41. The summed E-state index contributed by atoms with van der Waals surface area (Å²) in [5.41, 5.74) is 0.632. The van der Waals surface area contributed by atoms with Gasteiger partial charge in [-0.15, -0.1) is 23.2 Å². The second-order valence-corrected chi connectivity index (χ2v) is 9.58. The van der Waals surface area contributed by atoms with E-state index in [-0.39, 0.29) is 30.5 Å². The molecule has 2 atom stereocenters. The lowest BCUT2D eigenvalue weighted by atomic mass is 10.3. The molecule has 2 rings (SSSR count). The van der Waals surface area contributed by atoms with E-state index >= 15 is 0 Å². The molecule has 1 aromatic heterocycles. The van der Waals surface area contributed by atoms with Gasteiger partial charge in [-0.3, -0.25) is 9.88 Å². The number of nitrogens with zero attached hydrogens (tertiary/aromatic N) is 2. The summed E-state index contributed by atoms with van der Waals surface area (Å²) < 4.78 is 27.5. The number of carbonyl (C=O) groups excluding carboxylic acids is 2. The van der Waals surface area contributed by atoms with Crippen molar-refractivity contribution in [1.29, 1.82) is 0 Å². The molecule has 2 unspecified atom stereocenters. The summed E-state index contributed by atoms with van der Waals surface area (Å²) in [6.45, 7) is 2.05. The molecule has 0 spiro atoms. The zero-order valence-electron chi connectivity index (χ0n) is 18.1. The van der Waals surface area contributed by atoms with Crippen LogP contribution in [0.3, 0.4) is 0 Å². The second kappa shape index (κ2) is 12.2. The third-order valence-electron chi connectivity index (χ3n) is 4.44. The number of alkyl halides is 2. The molecule has 0 saturated carbocycles. The third-order valence-corrected chi connectivity index (χ3v) is 6.92. The smallest absolute Gasteiger partial charge is 0.419 e. The lowest BCUT2D eigenvalue weighted by Gasteiger charge is -2.30. The molecule has 12 heteroatoms. The zero-order valence-corrected chi connectivity index (χ0v) is 20.5. The molecule has 0 saturated heterocycles. The van der Waals surface area contributed by atoms with E-state index in [4.69, 9.17) is 27.7 Å². The molecule has 0 aliphatic rings. The number of rotatable bonds is 12. The van der Waals surface area contributed by atoms with Gasteiger partial charge in [0.15, 0.2) is 0 Å². The minimum absolute atomic E-state index is 0.217. The lowest BCUT2D eigenvalue weighted by Crippen LogP contribution is -2.39. The van der Waals surface area contributed by atoms with Crippen molar-refractivity contribution in [3.63, 3.8) is 0 Å². The first-order valence-corrected chi connectivity index (χ1v) is 12.4. The Hall–Kier alpha value is -2.19. The number of hydrogen-bond acceptors (Lipinski definition) is 5. The Balaban J connectivity index is 2.31. The van der Waals surface area contributed by atoms with E-state index in [2.05, 4.69) is 15.1 Å². The number of methoxy groups -OCH3 is 1. The van der Waals surface area contributed by atoms with Crippen LogP contribution >= 0.6 is 30.9 Å². The number of amides is 1. The van der Waals surface area contributed by atoms with Gasteiger partial charge in [0.25, 0.3) is 5.91 Å². The van der Waals surface area contributed by atoms with Crippen molar-refractivity contribution in [2.24, 2.45) is 7.05 Å². The molecule has 0 radical (unpaired) electrons. The van der Waals surface area contributed by atoms with E-state index in [1.54, 1.807) is 46.7 Å². The van der Waals surface area contributed by atoms with E-state index in [0.717, 1.165) is 0 Å². The predicted molar refractivity (Wildman–Crippen MR) is 126 cm³/mol. The monoisotopic (exact) mass is 504 g/mol. The quantitative estimate of drug-likeness (QED) is 0.258. The zero-order chi connectivity index (χ0) is 23.7. The van der Waals surface area contributed by atoms with Gasteiger partial charge in [0, 0.05) is 38.1 Å². The Morgan fingerprint density at radius 2 is 1.81 bits per heavy atom. The molecule has 2 N–H and O–H groups in total. The fraction of sp³-hybridized carbons (Fsp3) is 0.400. The Morgan fingerprint density at radius 3 is 2.38 bits per heavy atom. The summed E-state index contributed by atoms with van der Waals surface area (Å²) in [5, 5.41) is 5.49. The number of aryl methyl sites for hydroxylation is 1. The van der Waals surface area contributed by atoms with Crippen LogP contribution in [0.25, 0.3) is 0 Å². The van der Waals surface area contributed by atoms with Gasteiger partial charge in [0.1, 0.15) is 17.5 Å². The van der Waals surface area contributed by atoms with Crippen molar-refractivity contribution < 1.29 is 23.4 Å². The standard InChI is InChI=1S/C20H27Cl2N4O5P/c1-15(20(28)30-3)23-19(27)18-13-16(14-25(18)2)24-32(29,26(11-9-21)12-10-22)31-17-7-5-4-6-8-17/h4-8,13-15H,9-12H2,1-3H3,(H,23,27)(H,24,29). The molecular weight excluding hydrogens is 478 g/mol. The number of benzene rings is 1. The summed E-state index contributed by atoms with van der Waals surface area (Å²) in [5.74, 6) is -0.221. The van der Waals surface area contributed by atoms with Gasteiger partial charge < -0.3 is 19.1 Å². The van der Waals surface area contributed by atoms with Gasteiger partial charge >= 0.3 is 13.6 Å². The van der Waals surface area contributed by atoms with Crippen molar-refractivity contribution >= 4 is 48.4 Å².